The number of likely N-dealkylation sites (tertiary alicyclic amines) is 1. The van der Waals surface area contributed by atoms with Gasteiger partial charge in [-0.2, -0.15) is 0 Å². The smallest absolute Gasteiger partial charge is 0.227 e. The molecule has 0 atom stereocenters. The molecule has 138 valence electrons. The maximum absolute atomic E-state index is 12.5. The van der Waals surface area contributed by atoms with Gasteiger partial charge in [-0.05, 0) is 47.5 Å². The molecule has 2 aromatic rings. The minimum atomic E-state index is -0.379. The lowest BCUT2D eigenvalue weighted by molar-refractivity contribution is -0.142. The van der Waals surface area contributed by atoms with Crippen molar-refractivity contribution >= 4 is 17.5 Å². The van der Waals surface area contributed by atoms with Crippen LogP contribution in [-0.4, -0.2) is 50.0 Å². The minimum Gasteiger partial charge on any atom is -0.342 e. The van der Waals surface area contributed by atoms with Gasteiger partial charge >= 0.3 is 0 Å². The van der Waals surface area contributed by atoms with Crippen LogP contribution >= 0.6 is 0 Å². The number of hydrogen-bond acceptors (Lipinski definition) is 5. The summed E-state index contributed by atoms with van der Waals surface area (Å²) >= 11 is 0. The molecule has 1 aliphatic heterocycles. The molecule has 1 aromatic carbocycles. The van der Waals surface area contributed by atoms with E-state index in [1.165, 1.54) is 6.33 Å². The van der Waals surface area contributed by atoms with Crippen LogP contribution < -0.4 is 5.32 Å². The molecule has 1 aromatic heterocycles. The zero-order chi connectivity index (χ0) is 18.7. The molecule has 2 heterocycles. The third-order valence-corrected chi connectivity index (χ3v) is 4.54. The summed E-state index contributed by atoms with van der Waals surface area (Å²) in [6, 6.07) is 7.34. The highest BCUT2D eigenvalue weighted by atomic mass is 16.2. The molecule has 0 unspecified atom stereocenters. The Kier molecular flexibility index (Phi) is 5.01. The summed E-state index contributed by atoms with van der Waals surface area (Å²) in [7, 11) is 0. The number of anilines is 1. The van der Waals surface area contributed by atoms with Crippen LogP contribution in [0.4, 0.5) is 5.69 Å². The second-order valence-electron chi connectivity index (χ2n) is 7.61. The number of nitrogens with zero attached hydrogens (tertiary/aromatic N) is 5. The van der Waals surface area contributed by atoms with E-state index in [4.69, 9.17) is 0 Å². The van der Waals surface area contributed by atoms with Gasteiger partial charge in [0.1, 0.15) is 6.33 Å². The van der Waals surface area contributed by atoms with Crippen molar-refractivity contribution in [2.24, 2.45) is 11.3 Å². The van der Waals surface area contributed by atoms with Gasteiger partial charge < -0.3 is 10.2 Å². The van der Waals surface area contributed by atoms with E-state index in [0.717, 1.165) is 11.4 Å². The fraction of sp³-hybridized carbons (Fsp3) is 0.500. The van der Waals surface area contributed by atoms with Gasteiger partial charge in [0, 0.05) is 30.1 Å². The first-order valence-electron chi connectivity index (χ1n) is 8.78. The van der Waals surface area contributed by atoms with Crippen molar-refractivity contribution in [2.75, 3.05) is 18.4 Å². The molecule has 26 heavy (non-hydrogen) atoms. The van der Waals surface area contributed by atoms with E-state index in [9.17, 15) is 9.59 Å². The number of carbonyl (C=O) groups excluding carboxylic acids is 2. The lowest BCUT2D eigenvalue weighted by atomic mass is 9.90. The average Bonchev–Trinajstić information content (AvgIpc) is 3.16. The topological polar surface area (TPSA) is 93.0 Å². The molecule has 0 aliphatic carbocycles. The van der Waals surface area contributed by atoms with Gasteiger partial charge in [-0.15, -0.1) is 5.10 Å². The molecule has 8 nitrogen and oxygen atoms in total. The first kappa shape index (κ1) is 18.0. The van der Waals surface area contributed by atoms with Crippen molar-refractivity contribution in [3.8, 4) is 5.69 Å². The summed E-state index contributed by atoms with van der Waals surface area (Å²) in [6.45, 7) is 7.03. The molecule has 0 saturated carbocycles. The Morgan fingerprint density at radius 3 is 2.31 bits per heavy atom. The Labute approximate surface area is 152 Å². The predicted octanol–water partition coefficient (Wildman–Crippen LogP) is 1.89. The summed E-state index contributed by atoms with van der Waals surface area (Å²) < 4.78 is 1.55. The molecule has 0 bridgehead atoms. The molecule has 1 saturated heterocycles. The maximum atomic E-state index is 12.5. The standard InChI is InChI=1S/C18H24N6O2/c1-18(2,3)17(26)23-10-8-13(9-11-23)16(25)20-14-4-6-15(7-5-14)24-12-19-21-22-24/h4-7,12-13H,8-11H2,1-3H3,(H,20,25). The van der Waals surface area contributed by atoms with E-state index >= 15 is 0 Å². The van der Waals surface area contributed by atoms with Crippen LogP contribution in [0.5, 0.6) is 0 Å². The number of tetrazole rings is 1. The van der Waals surface area contributed by atoms with Gasteiger partial charge in [0.25, 0.3) is 0 Å². The number of hydrogen-bond donors (Lipinski definition) is 1. The average molecular weight is 356 g/mol. The molecule has 0 spiro atoms. The largest absolute Gasteiger partial charge is 0.342 e. The molecule has 8 heteroatoms. The van der Waals surface area contributed by atoms with Crippen LogP contribution in [0.2, 0.25) is 0 Å². The van der Waals surface area contributed by atoms with Gasteiger partial charge in [-0.3, -0.25) is 9.59 Å². The lowest BCUT2D eigenvalue weighted by Crippen LogP contribution is -2.45. The first-order valence-corrected chi connectivity index (χ1v) is 8.78. The zero-order valence-electron chi connectivity index (χ0n) is 15.3. The highest BCUT2D eigenvalue weighted by Crippen LogP contribution is 2.24. The second kappa shape index (κ2) is 7.23. The lowest BCUT2D eigenvalue weighted by Gasteiger charge is -2.35. The molecule has 1 aliphatic rings. The van der Waals surface area contributed by atoms with Crippen molar-refractivity contribution in [1.29, 1.82) is 0 Å². The third-order valence-electron chi connectivity index (χ3n) is 4.54. The molecule has 3 rings (SSSR count). The maximum Gasteiger partial charge on any atom is 0.227 e. The van der Waals surface area contributed by atoms with E-state index in [-0.39, 0.29) is 23.1 Å². The fourth-order valence-electron chi connectivity index (χ4n) is 3.04. The summed E-state index contributed by atoms with van der Waals surface area (Å²) in [5.41, 5.74) is 1.18. The summed E-state index contributed by atoms with van der Waals surface area (Å²) in [5, 5.41) is 14.0. The van der Waals surface area contributed by atoms with E-state index in [1.807, 2.05) is 49.9 Å². The Morgan fingerprint density at radius 2 is 1.77 bits per heavy atom. The minimum absolute atomic E-state index is 0.00281. The van der Waals surface area contributed by atoms with Gasteiger partial charge in [0.2, 0.25) is 11.8 Å². The van der Waals surface area contributed by atoms with Crippen molar-refractivity contribution in [3.63, 3.8) is 0 Å². The monoisotopic (exact) mass is 356 g/mol. The van der Waals surface area contributed by atoms with E-state index < -0.39 is 0 Å². The van der Waals surface area contributed by atoms with Crippen molar-refractivity contribution < 1.29 is 9.59 Å². The Morgan fingerprint density at radius 1 is 1.12 bits per heavy atom. The highest BCUT2D eigenvalue weighted by molar-refractivity contribution is 5.93. The van der Waals surface area contributed by atoms with E-state index in [0.29, 0.717) is 25.9 Å². The number of nitrogens with one attached hydrogen (secondary N) is 1. The second-order valence-corrected chi connectivity index (χ2v) is 7.61. The van der Waals surface area contributed by atoms with E-state index in [2.05, 4.69) is 20.8 Å². The summed E-state index contributed by atoms with van der Waals surface area (Å²) in [4.78, 5) is 26.7. The molecule has 1 fully saturated rings. The summed E-state index contributed by atoms with van der Waals surface area (Å²) in [6.07, 6.45) is 2.90. The fourth-order valence-corrected chi connectivity index (χ4v) is 3.04. The quantitative estimate of drug-likeness (QED) is 0.906. The molecular weight excluding hydrogens is 332 g/mol. The number of rotatable bonds is 3. The van der Waals surface area contributed by atoms with Crippen LogP contribution in [0.15, 0.2) is 30.6 Å². The van der Waals surface area contributed by atoms with E-state index in [1.54, 1.807) is 4.68 Å². The van der Waals surface area contributed by atoms with Crippen LogP contribution in [0, 0.1) is 11.3 Å². The zero-order valence-corrected chi connectivity index (χ0v) is 15.3. The third kappa shape index (κ3) is 4.07. The van der Waals surface area contributed by atoms with Crippen LogP contribution in [0.3, 0.4) is 0 Å². The Hall–Kier alpha value is -2.77. The number of aromatic nitrogens is 4. The van der Waals surface area contributed by atoms with Gasteiger partial charge in [0.15, 0.2) is 0 Å². The van der Waals surface area contributed by atoms with Crippen molar-refractivity contribution in [3.05, 3.63) is 30.6 Å². The predicted molar refractivity (Wildman–Crippen MR) is 96.5 cm³/mol. The van der Waals surface area contributed by atoms with Crippen LogP contribution in [-0.2, 0) is 9.59 Å². The number of piperidine rings is 1. The Balaban J connectivity index is 1.54. The molecule has 1 N–H and O–H groups in total. The number of amides is 2. The molecular formula is C18H24N6O2. The van der Waals surface area contributed by atoms with Gasteiger partial charge in [-0.1, -0.05) is 20.8 Å². The van der Waals surface area contributed by atoms with Crippen molar-refractivity contribution in [2.45, 2.75) is 33.6 Å². The van der Waals surface area contributed by atoms with Crippen LogP contribution in [0.1, 0.15) is 33.6 Å². The molecule has 2 amide bonds. The van der Waals surface area contributed by atoms with Crippen LogP contribution in [0.25, 0.3) is 5.69 Å². The SMILES string of the molecule is CC(C)(C)C(=O)N1CCC(C(=O)Nc2ccc(-n3cnnn3)cc2)CC1. The normalized spacial score (nSPS) is 15.7. The first-order chi connectivity index (χ1) is 12.3. The number of carbonyl (C=O) groups is 2. The Bertz CT molecular complexity index is 756. The highest BCUT2D eigenvalue weighted by Gasteiger charge is 2.32. The number of benzene rings is 1. The summed E-state index contributed by atoms with van der Waals surface area (Å²) in [5.74, 6) is 0.0794. The van der Waals surface area contributed by atoms with Crippen molar-refractivity contribution in [1.82, 2.24) is 25.1 Å². The molecule has 0 radical (unpaired) electrons. The van der Waals surface area contributed by atoms with Gasteiger partial charge in [-0.25, -0.2) is 4.68 Å². The van der Waals surface area contributed by atoms with Gasteiger partial charge in [0.05, 0.1) is 5.69 Å².